The average molecular weight is 342 g/mol. The van der Waals surface area contributed by atoms with E-state index in [1.54, 1.807) is 6.07 Å². The van der Waals surface area contributed by atoms with Crippen LogP contribution in [0.15, 0.2) is 42.7 Å². The van der Waals surface area contributed by atoms with Crippen molar-refractivity contribution in [2.45, 2.75) is 12.6 Å². The Bertz CT molecular complexity index is 610. The average Bonchev–Trinajstić information content (AvgIpc) is 2.51. The first-order valence-corrected chi connectivity index (χ1v) is 7.40. The maximum Gasteiger partial charge on any atom is 0.124 e. The van der Waals surface area contributed by atoms with Crippen LogP contribution in [0, 0.1) is 5.82 Å². The highest BCUT2D eigenvalue weighted by Crippen LogP contribution is 2.26. The van der Waals surface area contributed by atoms with Gasteiger partial charge in [0.2, 0.25) is 0 Å². The summed E-state index contributed by atoms with van der Waals surface area (Å²) < 4.78 is 13.2. The molecule has 118 valence electrons. The molecule has 0 aliphatic carbocycles. The summed E-state index contributed by atoms with van der Waals surface area (Å²) in [6, 6.07) is 8.96. The fourth-order valence-corrected chi connectivity index (χ4v) is 2.95. The fraction of sp³-hybridized carbons (Fsp3) is 0.312. The molecule has 1 N–H and O–H groups in total. The second-order valence-corrected chi connectivity index (χ2v) is 5.61. The van der Waals surface area contributed by atoms with Gasteiger partial charge >= 0.3 is 0 Å². The Labute approximate surface area is 140 Å². The van der Waals surface area contributed by atoms with E-state index in [4.69, 9.17) is 11.6 Å². The summed E-state index contributed by atoms with van der Waals surface area (Å²) in [6.07, 6.45) is 3.62. The van der Waals surface area contributed by atoms with Crippen molar-refractivity contribution < 1.29 is 4.39 Å². The Morgan fingerprint density at radius 1 is 1.27 bits per heavy atom. The molecule has 1 aliphatic heterocycles. The van der Waals surface area contributed by atoms with Crippen molar-refractivity contribution in [3.63, 3.8) is 0 Å². The molecular formula is C16H18Cl2FN3. The third-order valence-corrected chi connectivity index (χ3v) is 4.19. The molecule has 0 amide bonds. The van der Waals surface area contributed by atoms with Crippen LogP contribution in [0.3, 0.4) is 0 Å². The number of benzene rings is 1. The van der Waals surface area contributed by atoms with Gasteiger partial charge in [-0.15, -0.1) is 12.4 Å². The van der Waals surface area contributed by atoms with Crippen LogP contribution < -0.4 is 5.32 Å². The lowest BCUT2D eigenvalue weighted by molar-refractivity contribution is 0.153. The summed E-state index contributed by atoms with van der Waals surface area (Å²) in [5, 5.41) is 3.91. The Balaban J connectivity index is 0.00000176. The number of hydrogen-bond donors (Lipinski definition) is 1. The van der Waals surface area contributed by atoms with Crippen LogP contribution in [-0.2, 0) is 6.54 Å². The zero-order valence-electron chi connectivity index (χ0n) is 12.0. The van der Waals surface area contributed by atoms with Crippen molar-refractivity contribution in [3.05, 3.63) is 64.7 Å². The largest absolute Gasteiger partial charge is 0.314 e. The Hall–Kier alpha value is -1.20. The molecule has 2 heterocycles. The number of hydrogen-bond acceptors (Lipinski definition) is 3. The van der Waals surface area contributed by atoms with E-state index in [-0.39, 0.29) is 24.3 Å². The summed E-state index contributed by atoms with van der Waals surface area (Å²) in [6.45, 7) is 3.48. The molecule has 1 atom stereocenters. The quantitative estimate of drug-likeness (QED) is 0.926. The highest BCUT2D eigenvalue weighted by molar-refractivity contribution is 6.31. The summed E-state index contributed by atoms with van der Waals surface area (Å²) in [5.74, 6) is -0.297. The predicted octanol–water partition coefficient (Wildman–Crippen LogP) is 3.44. The molecule has 0 bridgehead atoms. The van der Waals surface area contributed by atoms with Gasteiger partial charge in [0.1, 0.15) is 5.82 Å². The highest BCUT2D eigenvalue weighted by atomic mass is 35.5. The summed E-state index contributed by atoms with van der Waals surface area (Å²) >= 11 is 6.15. The number of pyridine rings is 1. The molecule has 22 heavy (non-hydrogen) atoms. The van der Waals surface area contributed by atoms with Gasteiger partial charge in [-0.25, -0.2) is 4.39 Å². The van der Waals surface area contributed by atoms with E-state index in [9.17, 15) is 4.39 Å². The molecule has 6 heteroatoms. The molecule has 1 saturated heterocycles. The van der Waals surface area contributed by atoms with Gasteiger partial charge in [-0.3, -0.25) is 9.88 Å². The molecule has 1 aromatic heterocycles. The molecule has 3 rings (SSSR count). The molecule has 3 nitrogen and oxygen atoms in total. The second-order valence-electron chi connectivity index (χ2n) is 5.21. The van der Waals surface area contributed by atoms with Crippen LogP contribution in [0.25, 0.3) is 0 Å². The highest BCUT2D eigenvalue weighted by Gasteiger charge is 2.24. The molecule has 0 radical (unpaired) electrons. The van der Waals surface area contributed by atoms with Crippen LogP contribution in [-0.4, -0.2) is 29.5 Å². The number of rotatable bonds is 3. The van der Waals surface area contributed by atoms with Crippen molar-refractivity contribution in [2.24, 2.45) is 0 Å². The molecule has 1 aromatic carbocycles. The lowest BCUT2D eigenvalue weighted by Crippen LogP contribution is -2.45. The van der Waals surface area contributed by atoms with Gasteiger partial charge in [-0.1, -0.05) is 17.7 Å². The first kappa shape index (κ1) is 17.2. The third kappa shape index (κ3) is 3.96. The zero-order chi connectivity index (χ0) is 14.7. The second kappa shape index (κ2) is 7.88. The standard InChI is InChI=1S/C16H17ClFN3.ClH/c17-15-9-14(18)2-1-13(15)11-21-8-7-20-10-16(21)12-3-5-19-6-4-12;/h1-6,9,16,20H,7-8,10-11H2;1H. The first-order valence-electron chi connectivity index (χ1n) is 7.02. The Kier molecular flexibility index (Phi) is 6.15. The molecule has 0 saturated carbocycles. The Morgan fingerprint density at radius 2 is 2.05 bits per heavy atom. The van der Waals surface area contributed by atoms with Crippen LogP contribution in [0.5, 0.6) is 0 Å². The van der Waals surface area contributed by atoms with Gasteiger partial charge in [0.05, 0.1) is 0 Å². The minimum Gasteiger partial charge on any atom is -0.314 e. The van der Waals surface area contributed by atoms with Crippen LogP contribution in [0.1, 0.15) is 17.2 Å². The van der Waals surface area contributed by atoms with Gasteiger partial charge in [0.15, 0.2) is 0 Å². The third-order valence-electron chi connectivity index (χ3n) is 3.83. The normalized spacial score (nSPS) is 18.7. The van der Waals surface area contributed by atoms with E-state index >= 15 is 0 Å². The Morgan fingerprint density at radius 3 is 2.77 bits per heavy atom. The topological polar surface area (TPSA) is 28.2 Å². The van der Waals surface area contributed by atoms with E-state index in [2.05, 4.69) is 15.2 Å². The molecule has 1 unspecified atom stereocenters. The minimum atomic E-state index is -0.297. The van der Waals surface area contributed by atoms with Crippen molar-refractivity contribution in [3.8, 4) is 0 Å². The lowest BCUT2D eigenvalue weighted by Gasteiger charge is -2.36. The van der Waals surface area contributed by atoms with Crippen molar-refractivity contribution in [1.82, 2.24) is 15.2 Å². The number of nitrogens with zero attached hydrogens (tertiary/aromatic N) is 2. The van der Waals surface area contributed by atoms with Crippen molar-refractivity contribution >= 4 is 24.0 Å². The molecule has 1 aliphatic rings. The van der Waals surface area contributed by atoms with E-state index in [1.165, 1.54) is 17.7 Å². The van der Waals surface area contributed by atoms with Crippen molar-refractivity contribution in [2.75, 3.05) is 19.6 Å². The van der Waals surface area contributed by atoms with E-state index < -0.39 is 0 Å². The van der Waals surface area contributed by atoms with E-state index in [0.29, 0.717) is 11.6 Å². The summed E-state index contributed by atoms with van der Waals surface area (Å²) in [4.78, 5) is 6.44. The zero-order valence-corrected chi connectivity index (χ0v) is 13.6. The SMILES string of the molecule is Cl.Fc1ccc(CN2CCNCC2c2ccncc2)c(Cl)c1. The molecule has 2 aromatic rings. The predicted molar refractivity (Wildman–Crippen MR) is 88.9 cm³/mol. The van der Waals surface area contributed by atoms with E-state index in [0.717, 1.165) is 25.2 Å². The smallest absolute Gasteiger partial charge is 0.124 e. The van der Waals surface area contributed by atoms with Crippen LogP contribution in [0.4, 0.5) is 4.39 Å². The maximum atomic E-state index is 13.2. The maximum absolute atomic E-state index is 13.2. The van der Waals surface area contributed by atoms with Crippen LogP contribution >= 0.6 is 24.0 Å². The number of aromatic nitrogens is 1. The number of nitrogens with one attached hydrogen (secondary N) is 1. The minimum absolute atomic E-state index is 0. The number of piperazine rings is 1. The molecule has 0 spiro atoms. The van der Waals surface area contributed by atoms with Gasteiger partial charge in [-0.05, 0) is 35.4 Å². The van der Waals surface area contributed by atoms with Gasteiger partial charge in [0, 0.05) is 49.6 Å². The van der Waals surface area contributed by atoms with Crippen LogP contribution in [0.2, 0.25) is 5.02 Å². The first-order chi connectivity index (χ1) is 10.2. The van der Waals surface area contributed by atoms with Crippen molar-refractivity contribution in [1.29, 1.82) is 0 Å². The number of halogens is 3. The fourth-order valence-electron chi connectivity index (χ4n) is 2.72. The summed E-state index contributed by atoms with van der Waals surface area (Å²) in [7, 11) is 0. The van der Waals surface area contributed by atoms with Gasteiger partial charge in [-0.2, -0.15) is 0 Å². The van der Waals surface area contributed by atoms with E-state index in [1.807, 2.05) is 24.5 Å². The van der Waals surface area contributed by atoms with Gasteiger partial charge in [0.25, 0.3) is 0 Å². The molecular weight excluding hydrogens is 324 g/mol. The lowest BCUT2D eigenvalue weighted by atomic mass is 10.0. The van der Waals surface area contributed by atoms with Gasteiger partial charge < -0.3 is 5.32 Å². The summed E-state index contributed by atoms with van der Waals surface area (Å²) in [5.41, 5.74) is 2.19. The molecule has 1 fully saturated rings. The monoisotopic (exact) mass is 341 g/mol.